The summed E-state index contributed by atoms with van der Waals surface area (Å²) >= 11 is 0. The molecule has 160 valence electrons. The van der Waals surface area contributed by atoms with Gasteiger partial charge in [0, 0.05) is 31.7 Å². The van der Waals surface area contributed by atoms with E-state index in [0.717, 1.165) is 30.6 Å². The molecule has 1 aliphatic carbocycles. The van der Waals surface area contributed by atoms with E-state index in [1.54, 1.807) is 35.2 Å². The lowest BCUT2D eigenvalue weighted by molar-refractivity contribution is 0.0698. The van der Waals surface area contributed by atoms with Crippen molar-refractivity contribution in [1.82, 2.24) is 9.21 Å². The molecule has 2 aromatic rings. The van der Waals surface area contributed by atoms with Crippen LogP contribution in [0.25, 0.3) is 0 Å². The Bertz CT molecular complexity index is 1010. The molecule has 1 fully saturated rings. The van der Waals surface area contributed by atoms with E-state index >= 15 is 0 Å². The second-order valence-electron chi connectivity index (χ2n) is 7.79. The third-order valence-electron chi connectivity index (χ3n) is 5.90. The van der Waals surface area contributed by atoms with Crippen molar-refractivity contribution >= 4 is 15.9 Å². The first kappa shape index (κ1) is 20.9. The predicted octanol–water partition coefficient (Wildman–Crippen LogP) is 3.11. The summed E-state index contributed by atoms with van der Waals surface area (Å²) in [5.41, 5.74) is 3.02. The molecule has 0 N–H and O–H groups in total. The molecule has 1 aliphatic heterocycles. The van der Waals surface area contributed by atoms with Gasteiger partial charge in [0.15, 0.2) is 0 Å². The number of hydrogen-bond donors (Lipinski definition) is 0. The number of hydrogen-bond acceptors (Lipinski definition) is 4. The summed E-state index contributed by atoms with van der Waals surface area (Å²) < 4.78 is 33.2. The summed E-state index contributed by atoms with van der Waals surface area (Å²) in [5, 5.41) is 0. The summed E-state index contributed by atoms with van der Waals surface area (Å²) in [6, 6.07) is 12.6. The van der Waals surface area contributed by atoms with Crippen LogP contribution < -0.4 is 4.74 Å². The van der Waals surface area contributed by atoms with E-state index in [0.29, 0.717) is 43.2 Å². The van der Waals surface area contributed by atoms with E-state index < -0.39 is 10.0 Å². The van der Waals surface area contributed by atoms with Crippen LogP contribution in [0.4, 0.5) is 0 Å². The number of ether oxygens (including phenoxy) is 1. The average Bonchev–Trinajstić information content (AvgIpc) is 2.79. The quantitative estimate of drug-likeness (QED) is 0.734. The number of nitrogens with zero attached hydrogens (tertiary/aromatic N) is 2. The minimum atomic E-state index is -3.54. The Labute approximate surface area is 178 Å². The molecule has 0 bridgehead atoms. The van der Waals surface area contributed by atoms with Crippen molar-refractivity contribution in [3.63, 3.8) is 0 Å². The lowest BCUT2D eigenvalue weighted by atomic mass is 9.92. The van der Waals surface area contributed by atoms with Crippen molar-refractivity contribution in [2.75, 3.05) is 32.8 Å². The number of carbonyl (C=O) groups excluding carboxylic acids is 1. The average molecular weight is 429 g/mol. The highest BCUT2D eigenvalue weighted by atomic mass is 32.2. The van der Waals surface area contributed by atoms with E-state index in [4.69, 9.17) is 4.74 Å². The second-order valence-corrected chi connectivity index (χ2v) is 9.73. The van der Waals surface area contributed by atoms with Crippen LogP contribution in [0.2, 0.25) is 0 Å². The van der Waals surface area contributed by atoms with Gasteiger partial charge in [-0.05, 0) is 80.1 Å². The first-order chi connectivity index (χ1) is 14.5. The van der Waals surface area contributed by atoms with Crippen LogP contribution in [0.15, 0.2) is 47.4 Å². The molecule has 0 radical (unpaired) electrons. The van der Waals surface area contributed by atoms with Gasteiger partial charge in [-0.2, -0.15) is 4.31 Å². The number of rotatable bonds is 5. The fraction of sp³-hybridized carbons (Fsp3) is 0.435. The topological polar surface area (TPSA) is 66.9 Å². The molecular weight excluding hydrogens is 400 g/mol. The van der Waals surface area contributed by atoms with Crippen molar-refractivity contribution < 1.29 is 17.9 Å². The Balaban J connectivity index is 1.41. The zero-order valence-corrected chi connectivity index (χ0v) is 18.2. The first-order valence-corrected chi connectivity index (χ1v) is 12.1. The highest BCUT2D eigenvalue weighted by molar-refractivity contribution is 7.89. The molecule has 0 unspecified atom stereocenters. The summed E-state index contributed by atoms with van der Waals surface area (Å²) in [5.74, 6) is 0.652. The van der Waals surface area contributed by atoms with E-state index in [1.807, 2.05) is 19.1 Å². The van der Waals surface area contributed by atoms with Crippen LogP contribution in [0, 0.1) is 0 Å². The normalized spacial score (nSPS) is 17.4. The fourth-order valence-electron chi connectivity index (χ4n) is 4.19. The molecule has 2 aromatic carbocycles. The highest BCUT2D eigenvalue weighted by Crippen LogP contribution is 2.26. The van der Waals surface area contributed by atoms with Gasteiger partial charge in [0.05, 0.1) is 11.5 Å². The van der Waals surface area contributed by atoms with Gasteiger partial charge in [-0.25, -0.2) is 8.42 Å². The Morgan fingerprint density at radius 2 is 1.60 bits per heavy atom. The largest absolute Gasteiger partial charge is 0.494 e. The molecule has 1 amide bonds. The molecule has 0 atom stereocenters. The van der Waals surface area contributed by atoms with Gasteiger partial charge in [0.1, 0.15) is 5.75 Å². The van der Waals surface area contributed by atoms with Gasteiger partial charge in [0.2, 0.25) is 10.0 Å². The van der Waals surface area contributed by atoms with Gasteiger partial charge < -0.3 is 9.64 Å². The van der Waals surface area contributed by atoms with Crippen molar-refractivity contribution in [2.24, 2.45) is 0 Å². The number of carbonyl (C=O) groups is 1. The van der Waals surface area contributed by atoms with Crippen LogP contribution in [-0.4, -0.2) is 56.3 Å². The summed E-state index contributed by atoms with van der Waals surface area (Å²) in [6.07, 6.45) is 4.26. The molecule has 30 heavy (non-hydrogen) atoms. The van der Waals surface area contributed by atoms with E-state index in [1.165, 1.54) is 16.3 Å². The van der Waals surface area contributed by atoms with E-state index in [-0.39, 0.29) is 5.91 Å². The molecule has 1 saturated heterocycles. The molecule has 4 rings (SSSR count). The predicted molar refractivity (Wildman–Crippen MR) is 115 cm³/mol. The molecule has 0 aromatic heterocycles. The van der Waals surface area contributed by atoms with Crippen LogP contribution in [0.5, 0.6) is 5.75 Å². The van der Waals surface area contributed by atoms with E-state index in [9.17, 15) is 13.2 Å². The maximum Gasteiger partial charge on any atom is 0.253 e. The zero-order chi connectivity index (χ0) is 21.1. The Morgan fingerprint density at radius 1 is 0.933 bits per heavy atom. The van der Waals surface area contributed by atoms with Gasteiger partial charge in [-0.15, -0.1) is 0 Å². The highest BCUT2D eigenvalue weighted by Gasteiger charge is 2.31. The van der Waals surface area contributed by atoms with Gasteiger partial charge in [0.25, 0.3) is 5.91 Å². The minimum Gasteiger partial charge on any atom is -0.494 e. The molecule has 6 nitrogen and oxygen atoms in total. The maximum atomic E-state index is 13.1. The van der Waals surface area contributed by atoms with Crippen LogP contribution in [0.1, 0.15) is 41.3 Å². The Kier molecular flexibility index (Phi) is 6.11. The van der Waals surface area contributed by atoms with Gasteiger partial charge >= 0.3 is 0 Å². The number of sulfonamides is 1. The summed E-state index contributed by atoms with van der Waals surface area (Å²) in [6.45, 7) is 3.88. The second kappa shape index (κ2) is 8.78. The van der Waals surface area contributed by atoms with Crippen LogP contribution in [0.3, 0.4) is 0 Å². The number of piperazine rings is 1. The van der Waals surface area contributed by atoms with Gasteiger partial charge in [-0.1, -0.05) is 6.07 Å². The number of benzene rings is 2. The van der Waals surface area contributed by atoms with E-state index in [2.05, 4.69) is 0 Å². The summed E-state index contributed by atoms with van der Waals surface area (Å²) in [7, 11) is -3.54. The van der Waals surface area contributed by atoms with Crippen molar-refractivity contribution in [1.29, 1.82) is 0 Å². The third kappa shape index (κ3) is 4.23. The van der Waals surface area contributed by atoms with Crippen LogP contribution >= 0.6 is 0 Å². The molecular formula is C23H28N2O4S. The zero-order valence-electron chi connectivity index (χ0n) is 17.3. The summed E-state index contributed by atoms with van der Waals surface area (Å²) in [4.78, 5) is 14.9. The number of amides is 1. The molecule has 0 saturated carbocycles. The van der Waals surface area contributed by atoms with Gasteiger partial charge in [-0.3, -0.25) is 4.79 Å². The Morgan fingerprint density at radius 3 is 2.27 bits per heavy atom. The maximum absolute atomic E-state index is 13.1. The lowest BCUT2D eigenvalue weighted by Gasteiger charge is -2.34. The number of fused-ring (bicyclic) bond motifs is 1. The molecule has 7 heteroatoms. The molecule has 2 aliphatic rings. The molecule has 0 spiro atoms. The fourth-order valence-corrected chi connectivity index (χ4v) is 5.67. The van der Waals surface area contributed by atoms with Crippen molar-refractivity contribution in [3.8, 4) is 5.75 Å². The lowest BCUT2D eigenvalue weighted by Crippen LogP contribution is -2.50. The standard InChI is InChI=1S/C23H28N2O4S/c1-2-29-21-10-7-19(8-11-21)23(26)24-13-15-25(16-14-24)30(27,28)22-12-9-18-5-3-4-6-20(18)17-22/h7-12,17H,2-6,13-16H2,1H3. The van der Waals surface area contributed by atoms with Crippen molar-refractivity contribution in [2.45, 2.75) is 37.5 Å². The minimum absolute atomic E-state index is 0.0797. The smallest absolute Gasteiger partial charge is 0.253 e. The first-order valence-electron chi connectivity index (χ1n) is 10.6. The monoisotopic (exact) mass is 428 g/mol. The number of aryl methyl sites for hydroxylation is 2. The SMILES string of the molecule is CCOc1ccc(C(=O)N2CCN(S(=O)(=O)c3ccc4c(c3)CCCC4)CC2)cc1. The molecule has 1 heterocycles. The van der Waals surface area contributed by atoms with Crippen molar-refractivity contribution in [3.05, 3.63) is 59.2 Å². The Hall–Kier alpha value is -2.38. The van der Waals surface area contributed by atoms with Crippen LogP contribution in [-0.2, 0) is 22.9 Å². The third-order valence-corrected chi connectivity index (χ3v) is 7.79.